The molecule has 10 nitrogen and oxygen atoms in total. The molecular formula is H7AlN2O8S2. The van der Waals surface area contributed by atoms with E-state index >= 15 is 0 Å². The van der Waals surface area contributed by atoms with Crippen LogP contribution >= 0.6 is 0 Å². The smallest absolute Gasteiger partial charge is 0.759 e. The summed E-state index contributed by atoms with van der Waals surface area (Å²) in [6, 6.07) is 0. The van der Waals surface area contributed by atoms with Gasteiger partial charge in [0.05, 0.1) is 0 Å². The maximum atomic E-state index is 8.63. The summed E-state index contributed by atoms with van der Waals surface area (Å²) in [6.07, 6.45) is 0. The van der Waals surface area contributed by atoms with E-state index in [-0.39, 0.29) is 29.7 Å². The third kappa shape index (κ3) is 34200. The van der Waals surface area contributed by atoms with Gasteiger partial charge in [0.25, 0.3) is 0 Å². The van der Waals surface area contributed by atoms with Crippen molar-refractivity contribution in [1.82, 2.24) is 12.3 Å². The van der Waals surface area contributed by atoms with Crippen molar-refractivity contribution in [2.45, 2.75) is 0 Å². The molecule has 7 N–H and O–H groups in total. The standard InChI is InChI=1S/Al.2H3N.2H2O4S/c;;;2*1-5(2,3)4/h;2*1H3;2*(H2,1,2,3,4)/q+3;;;;/p-3. The Kier molecular flexibility index (Phi) is 23.1. The molecule has 13 heavy (non-hydrogen) atoms. The van der Waals surface area contributed by atoms with E-state index in [1.165, 1.54) is 0 Å². The van der Waals surface area contributed by atoms with E-state index in [0.29, 0.717) is 0 Å². The van der Waals surface area contributed by atoms with Crippen LogP contribution in [0.3, 0.4) is 0 Å². The van der Waals surface area contributed by atoms with Crippen LogP contribution in [0.2, 0.25) is 0 Å². The van der Waals surface area contributed by atoms with E-state index in [9.17, 15) is 0 Å². The molecule has 0 amide bonds. The van der Waals surface area contributed by atoms with Gasteiger partial charge in [-0.1, -0.05) is 0 Å². The molecule has 0 fully saturated rings. The Morgan fingerprint density at radius 2 is 0.846 bits per heavy atom. The van der Waals surface area contributed by atoms with Gasteiger partial charge < -0.3 is 26.0 Å². The van der Waals surface area contributed by atoms with E-state index in [4.69, 9.17) is 35.0 Å². The van der Waals surface area contributed by atoms with E-state index in [2.05, 4.69) is 0 Å². The maximum absolute atomic E-state index is 8.63. The van der Waals surface area contributed by atoms with Crippen LogP contribution in [-0.2, 0) is 20.8 Å². The molecular weight excluding hydrogens is 247 g/mol. The summed E-state index contributed by atoms with van der Waals surface area (Å²) < 4.78 is 66.9. The minimum atomic E-state index is -5.17. The zero-order valence-corrected chi connectivity index (χ0v) is 8.90. The van der Waals surface area contributed by atoms with Gasteiger partial charge in [0, 0.05) is 10.4 Å². The van der Waals surface area contributed by atoms with E-state index < -0.39 is 20.8 Å². The Morgan fingerprint density at radius 3 is 0.846 bits per heavy atom. The van der Waals surface area contributed by atoms with Gasteiger partial charge in [0.1, 0.15) is 0 Å². The van der Waals surface area contributed by atoms with Crippen molar-refractivity contribution in [3.63, 3.8) is 0 Å². The van der Waals surface area contributed by atoms with Crippen molar-refractivity contribution in [2.75, 3.05) is 0 Å². The van der Waals surface area contributed by atoms with Gasteiger partial charge >= 0.3 is 17.4 Å². The van der Waals surface area contributed by atoms with Crippen molar-refractivity contribution in [1.29, 1.82) is 0 Å². The van der Waals surface area contributed by atoms with Crippen LogP contribution in [0.5, 0.6) is 0 Å². The second-order valence-corrected chi connectivity index (χ2v) is 2.51. The molecule has 0 rings (SSSR count). The molecule has 13 heteroatoms. The first-order valence-electron chi connectivity index (χ1n) is 1.35. The number of rotatable bonds is 0. The van der Waals surface area contributed by atoms with Gasteiger partial charge in [-0.25, -0.2) is 8.42 Å². The molecule has 0 saturated heterocycles. The van der Waals surface area contributed by atoms with Crippen LogP contribution in [0.4, 0.5) is 0 Å². The largest absolute Gasteiger partial charge is 3.00 e. The molecule has 0 spiro atoms. The van der Waals surface area contributed by atoms with Crippen molar-refractivity contribution in [3.8, 4) is 0 Å². The third-order valence-electron chi connectivity index (χ3n) is 0. The molecule has 0 aromatic heterocycles. The molecule has 0 unspecified atom stereocenters. The van der Waals surface area contributed by atoms with Gasteiger partial charge in [-0.15, -0.1) is 0 Å². The second-order valence-electron chi connectivity index (χ2n) is 0.836. The van der Waals surface area contributed by atoms with E-state index in [1.807, 2.05) is 0 Å². The molecule has 0 heterocycles. The molecule has 0 bridgehead atoms. The average molecular weight is 254 g/mol. The van der Waals surface area contributed by atoms with Crippen molar-refractivity contribution < 1.29 is 35.0 Å². The summed E-state index contributed by atoms with van der Waals surface area (Å²) in [7, 11) is -10.1. The van der Waals surface area contributed by atoms with Crippen LogP contribution in [0.15, 0.2) is 0 Å². The van der Waals surface area contributed by atoms with Crippen LogP contribution in [0.1, 0.15) is 0 Å². The predicted octanol–water partition coefficient (Wildman–Crippen LogP) is -2.39. The van der Waals surface area contributed by atoms with Gasteiger partial charge in [-0.05, 0) is 0 Å². The fourth-order valence-corrected chi connectivity index (χ4v) is 0. The summed E-state index contributed by atoms with van der Waals surface area (Å²) in [5.74, 6) is 0. The third-order valence-corrected chi connectivity index (χ3v) is 0. The minimum absolute atomic E-state index is 0. The first-order chi connectivity index (χ1) is 4.00. The molecule has 0 aliphatic rings. The van der Waals surface area contributed by atoms with Crippen LogP contribution in [0, 0.1) is 0 Å². The summed E-state index contributed by atoms with van der Waals surface area (Å²) in [5, 5.41) is 0. The van der Waals surface area contributed by atoms with Gasteiger partial charge in [-0.3, -0.25) is 13.0 Å². The fourth-order valence-electron chi connectivity index (χ4n) is 0. The number of hydrogen-bond acceptors (Lipinski definition) is 9. The Morgan fingerprint density at radius 1 is 0.846 bits per heavy atom. The Bertz CT molecular complexity index is 217. The van der Waals surface area contributed by atoms with Crippen molar-refractivity contribution in [3.05, 3.63) is 0 Å². The van der Waals surface area contributed by atoms with E-state index in [1.54, 1.807) is 0 Å². The number of hydrogen-bond donors (Lipinski definition) is 3. The first kappa shape index (κ1) is 29.2. The fraction of sp³-hybridized carbons (Fsp3) is 0. The Labute approximate surface area is 85.8 Å². The minimum Gasteiger partial charge on any atom is -0.759 e. The molecule has 0 aromatic carbocycles. The molecule has 0 radical (unpaired) electrons. The molecule has 80 valence electrons. The van der Waals surface area contributed by atoms with Gasteiger partial charge in [-0.2, -0.15) is 0 Å². The van der Waals surface area contributed by atoms with Crippen LogP contribution in [-0.4, -0.2) is 52.4 Å². The van der Waals surface area contributed by atoms with Crippen LogP contribution < -0.4 is 12.3 Å². The normalized spacial score (nSPS) is 8.92. The Hall–Kier alpha value is 0.192. The first-order valence-corrected chi connectivity index (χ1v) is 4.05. The zero-order valence-electron chi connectivity index (χ0n) is 6.11. The van der Waals surface area contributed by atoms with Crippen LogP contribution in [0.25, 0.3) is 0 Å². The molecule has 0 atom stereocenters. The summed E-state index contributed by atoms with van der Waals surface area (Å²) in [6.45, 7) is 0. The Balaban J connectivity index is -0.0000000267. The van der Waals surface area contributed by atoms with Gasteiger partial charge in [0.2, 0.25) is 10.4 Å². The predicted molar refractivity (Wildman–Crippen MR) is 38.6 cm³/mol. The van der Waals surface area contributed by atoms with Gasteiger partial charge in [0.15, 0.2) is 0 Å². The summed E-state index contributed by atoms with van der Waals surface area (Å²) in [4.78, 5) is 0. The average Bonchev–Trinajstić information content (AvgIpc) is 1.12. The van der Waals surface area contributed by atoms with Crippen molar-refractivity contribution >= 4 is 38.2 Å². The zero-order chi connectivity index (χ0) is 9.00. The molecule has 0 aliphatic carbocycles. The molecule has 0 aliphatic heterocycles. The van der Waals surface area contributed by atoms with E-state index in [0.717, 1.165) is 0 Å². The SMILES string of the molecule is N.N.O=S(=O)([O-])O.O=S(=O)([O-])[O-].[Al+3]. The second kappa shape index (κ2) is 10.3. The summed E-state index contributed by atoms with van der Waals surface area (Å²) in [5.41, 5.74) is 0. The molecule has 0 aromatic rings. The summed E-state index contributed by atoms with van der Waals surface area (Å²) >= 11 is 0. The van der Waals surface area contributed by atoms with Crippen molar-refractivity contribution in [2.24, 2.45) is 0 Å². The monoisotopic (exact) mass is 254 g/mol. The topological polar surface area (TPSA) is 228 Å². The molecule has 0 saturated carbocycles. The quantitative estimate of drug-likeness (QED) is 0.235. The maximum Gasteiger partial charge on any atom is 3.00 e.